The maximum atomic E-state index is 12.9. The summed E-state index contributed by atoms with van der Waals surface area (Å²) in [6.45, 7) is 0. The maximum absolute atomic E-state index is 12.9. The van der Waals surface area contributed by atoms with Gasteiger partial charge in [0.25, 0.3) is 0 Å². The van der Waals surface area contributed by atoms with Gasteiger partial charge in [-0.3, -0.25) is 0 Å². The lowest BCUT2D eigenvalue weighted by Gasteiger charge is -2.15. The van der Waals surface area contributed by atoms with Gasteiger partial charge >= 0.3 is 6.18 Å². The summed E-state index contributed by atoms with van der Waals surface area (Å²) in [5.74, 6) is -0.327. The summed E-state index contributed by atoms with van der Waals surface area (Å²) >= 11 is 2.95. The Morgan fingerprint density at radius 1 is 1.30 bits per heavy atom. The largest absolute Gasteiger partial charge is 0.417 e. The summed E-state index contributed by atoms with van der Waals surface area (Å²) in [5.41, 5.74) is -1.81. The highest BCUT2D eigenvalue weighted by atomic mass is 79.9. The van der Waals surface area contributed by atoms with Crippen molar-refractivity contribution in [3.05, 3.63) is 22.2 Å². The first-order valence-electron chi connectivity index (χ1n) is 4.78. The molecule has 3 N–H and O–H groups in total. The summed E-state index contributed by atoms with van der Waals surface area (Å²) in [6, 6.07) is 1.64. The number of nitrogens with zero attached hydrogens (tertiary/aromatic N) is 3. The zero-order valence-corrected chi connectivity index (χ0v) is 11.7. The zero-order valence-electron chi connectivity index (χ0n) is 9.31. The van der Waals surface area contributed by atoms with Crippen LogP contribution in [0.4, 0.5) is 13.2 Å². The molecule has 0 radical (unpaired) electrons. The van der Waals surface area contributed by atoms with E-state index in [1.807, 2.05) is 5.21 Å². The molecule has 12 heteroatoms. The number of nitrogens with two attached hydrogens (primary N) is 1. The molecule has 0 aliphatic rings. The van der Waals surface area contributed by atoms with Gasteiger partial charge in [-0.2, -0.15) is 18.4 Å². The first kappa shape index (κ1) is 14.9. The second-order valence-corrected chi connectivity index (χ2v) is 5.93. The number of alkyl halides is 3. The molecule has 1 aromatic heterocycles. The first-order valence-corrected chi connectivity index (χ1v) is 7.12. The number of rotatable bonds is 2. The Balaban J connectivity index is 2.93. The minimum Gasteiger partial charge on any atom is -0.225 e. The van der Waals surface area contributed by atoms with Gasteiger partial charge in [0.05, 0.1) is 11.1 Å². The van der Waals surface area contributed by atoms with Crippen molar-refractivity contribution < 1.29 is 21.6 Å². The van der Waals surface area contributed by atoms with Crippen molar-refractivity contribution >= 4 is 26.0 Å². The Morgan fingerprint density at radius 3 is 2.40 bits per heavy atom. The number of aromatic amines is 1. The Hall–Kier alpha value is -1.53. The third-order valence-corrected chi connectivity index (χ3v) is 3.92. The predicted octanol–water partition coefficient (Wildman–Crippen LogP) is 1.30. The molecule has 2 aromatic rings. The van der Waals surface area contributed by atoms with Crippen LogP contribution in [0.3, 0.4) is 0 Å². The number of hydrogen-bond acceptors (Lipinski definition) is 5. The fourth-order valence-electron chi connectivity index (χ4n) is 1.55. The molecule has 1 aromatic carbocycles. The lowest BCUT2D eigenvalue weighted by molar-refractivity contribution is -0.139. The van der Waals surface area contributed by atoms with Crippen molar-refractivity contribution in [1.29, 1.82) is 0 Å². The Kier molecular flexibility index (Phi) is 3.56. The fourth-order valence-corrected chi connectivity index (χ4v) is 3.17. The number of sulfonamides is 1. The van der Waals surface area contributed by atoms with Gasteiger partial charge in [0.2, 0.25) is 15.8 Å². The topological polar surface area (TPSA) is 115 Å². The van der Waals surface area contributed by atoms with Gasteiger partial charge in [-0.15, -0.1) is 10.2 Å². The summed E-state index contributed by atoms with van der Waals surface area (Å²) in [6.07, 6.45) is -4.90. The molecule has 0 aliphatic heterocycles. The summed E-state index contributed by atoms with van der Waals surface area (Å²) in [4.78, 5) is -1.11. The van der Waals surface area contributed by atoms with Crippen molar-refractivity contribution in [3.8, 4) is 11.4 Å². The van der Waals surface area contributed by atoms with Gasteiger partial charge in [-0.05, 0) is 33.3 Å². The average molecular weight is 372 g/mol. The lowest BCUT2D eigenvalue weighted by Crippen LogP contribution is -2.20. The standard InChI is InChI=1S/C8H5BrF3N5O2S/c9-4-2-1-3(8(10,11)12)6(20(13,18)19)5(4)7-14-16-17-15-7/h1-2H,(H2,13,18,19)(H,14,15,16,17). The van der Waals surface area contributed by atoms with E-state index in [0.717, 1.165) is 6.07 Å². The first-order chi connectivity index (χ1) is 9.12. The number of H-pyrrole nitrogens is 1. The van der Waals surface area contributed by atoms with Crippen LogP contribution < -0.4 is 5.14 Å². The summed E-state index contributed by atoms with van der Waals surface area (Å²) < 4.78 is 61.9. The quantitative estimate of drug-likeness (QED) is 0.825. The molecular formula is C8H5BrF3N5O2S. The fraction of sp³-hybridized carbons (Fsp3) is 0.125. The van der Waals surface area contributed by atoms with Crippen LogP contribution in [0.1, 0.15) is 5.56 Å². The van der Waals surface area contributed by atoms with E-state index in [1.165, 1.54) is 0 Å². The van der Waals surface area contributed by atoms with E-state index in [-0.39, 0.29) is 10.3 Å². The second-order valence-electron chi connectivity index (χ2n) is 3.58. The summed E-state index contributed by atoms with van der Waals surface area (Å²) in [7, 11) is -4.67. The third-order valence-electron chi connectivity index (χ3n) is 2.27. The Bertz CT molecular complexity index is 744. The van der Waals surface area contributed by atoms with E-state index >= 15 is 0 Å². The van der Waals surface area contributed by atoms with Gasteiger partial charge in [-0.25, -0.2) is 13.6 Å². The van der Waals surface area contributed by atoms with E-state index in [9.17, 15) is 21.6 Å². The van der Waals surface area contributed by atoms with Crippen molar-refractivity contribution in [2.24, 2.45) is 5.14 Å². The predicted molar refractivity (Wildman–Crippen MR) is 63.7 cm³/mol. The lowest BCUT2D eigenvalue weighted by atomic mass is 10.1. The van der Waals surface area contributed by atoms with Crippen LogP contribution >= 0.6 is 15.9 Å². The molecule has 0 atom stereocenters. The van der Waals surface area contributed by atoms with Crippen molar-refractivity contribution in [3.63, 3.8) is 0 Å². The Morgan fingerprint density at radius 2 is 1.95 bits per heavy atom. The van der Waals surface area contributed by atoms with Gasteiger partial charge < -0.3 is 0 Å². The normalized spacial score (nSPS) is 12.7. The molecule has 0 amide bonds. The van der Waals surface area contributed by atoms with E-state index in [1.54, 1.807) is 0 Å². The minimum absolute atomic E-state index is 0.0379. The molecule has 108 valence electrons. The number of aromatic nitrogens is 4. The molecule has 20 heavy (non-hydrogen) atoms. The highest BCUT2D eigenvalue weighted by Crippen LogP contribution is 2.41. The van der Waals surface area contributed by atoms with E-state index in [4.69, 9.17) is 5.14 Å². The summed E-state index contributed by atoms with van der Waals surface area (Å²) in [5, 5.41) is 17.1. The highest BCUT2D eigenvalue weighted by molar-refractivity contribution is 9.10. The molecule has 0 aliphatic carbocycles. The average Bonchev–Trinajstić information content (AvgIpc) is 2.78. The third kappa shape index (κ3) is 2.66. The van der Waals surface area contributed by atoms with Crippen molar-refractivity contribution in [2.75, 3.05) is 0 Å². The molecule has 7 nitrogen and oxygen atoms in total. The molecular weight excluding hydrogens is 367 g/mol. The van der Waals surface area contributed by atoms with Crippen molar-refractivity contribution in [1.82, 2.24) is 20.6 Å². The second kappa shape index (κ2) is 4.79. The van der Waals surface area contributed by atoms with Gasteiger partial charge in [-0.1, -0.05) is 0 Å². The van der Waals surface area contributed by atoms with Gasteiger partial charge in [0.1, 0.15) is 4.90 Å². The van der Waals surface area contributed by atoms with E-state index in [0.29, 0.717) is 6.07 Å². The Labute approximate surface area is 118 Å². The number of halogens is 4. The van der Waals surface area contributed by atoms with Crippen LogP contribution in [0.5, 0.6) is 0 Å². The van der Waals surface area contributed by atoms with Gasteiger partial charge in [0, 0.05) is 4.47 Å². The minimum atomic E-state index is -4.90. The molecule has 0 spiro atoms. The maximum Gasteiger partial charge on any atom is 0.417 e. The zero-order chi connectivity index (χ0) is 15.1. The molecule has 2 rings (SSSR count). The molecule has 0 saturated heterocycles. The number of benzene rings is 1. The molecule has 0 unspecified atom stereocenters. The van der Waals surface area contributed by atoms with E-state index in [2.05, 4.69) is 31.3 Å². The smallest absolute Gasteiger partial charge is 0.225 e. The molecule has 0 fully saturated rings. The van der Waals surface area contributed by atoms with E-state index < -0.39 is 32.2 Å². The van der Waals surface area contributed by atoms with Crippen molar-refractivity contribution in [2.45, 2.75) is 11.1 Å². The molecule has 0 bridgehead atoms. The van der Waals surface area contributed by atoms with Crippen LogP contribution in [0.25, 0.3) is 11.4 Å². The number of nitrogens with one attached hydrogen (secondary N) is 1. The highest BCUT2D eigenvalue weighted by Gasteiger charge is 2.39. The van der Waals surface area contributed by atoms with Crippen LogP contribution in [0.15, 0.2) is 21.5 Å². The van der Waals surface area contributed by atoms with Gasteiger partial charge in [0.15, 0.2) is 0 Å². The number of tetrazole rings is 1. The SMILES string of the molecule is NS(=O)(=O)c1c(C(F)(F)F)ccc(Br)c1-c1nn[nH]n1. The van der Waals surface area contributed by atoms with Crippen LogP contribution in [0, 0.1) is 0 Å². The molecule has 0 saturated carbocycles. The molecule has 1 heterocycles. The van der Waals surface area contributed by atoms with Crippen LogP contribution in [-0.4, -0.2) is 29.0 Å². The van der Waals surface area contributed by atoms with Crippen LogP contribution in [0.2, 0.25) is 0 Å². The number of hydrogen-bond donors (Lipinski definition) is 2. The number of primary sulfonamides is 1. The van der Waals surface area contributed by atoms with Crippen LogP contribution in [-0.2, 0) is 16.2 Å². The monoisotopic (exact) mass is 371 g/mol.